The molecule has 1 N–H and O–H groups in total. The molecular formula is C10H14NO. The topological polar surface area (TPSA) is 33.0 Å². The summed E-state index contributed by atoms with van der Waals surface area (Å²) < 4.78 is 0. The van der Waals surface area contributed by atoms with Crippen LogP contribution in [0.25, 0.3) is 0 Å². The molecule has 0 atom stereocenters. The molecule has 2 nitrogen and oxygen atoms in total. The van der Waals surface area contributed by atoms with E-state index in [1.54, 1.807) is 0 Å². The van der Waals surface area contributed by atoms with Gasteiger partial charge in [-0.05, 0) is 23.1 Å². The van der Waals surface area contributed by atoms with Gasteiger partial charge in [-0.25, -0.2) is 0 Å². The predicted octanol–water partition coefficient (Wildman–Crippen LogP) is 2.56. The van der Waals surface area contributed by atoms with Crippen molar-refractivity contribution in [3.8, 4) is 5.75 Å². The van der Waals surface area contributed by atoms with Crippen LogP contribution < -0.4 is 10.7 Å². The molecule has 0 aromatic heterocycles. The van der Waals surface area contributed by atoms with Gasteiger partial charge in [0.05, 0.1) is 0 Å². The zero-order valence-corrected chi connectivity index (χ0v) is 7.72. The van der Waals surface area contributed by atoms with Crippen LogP contribution in [0.4, 0.5) is 0 Å². The van der Waals surface area contributed by atoms with Gasteiger partial charge in [-0.15, -0.1) is 0 Å². The number of hydrogen-bond acceptors (Lipinski definition) is 1. The maximum Gasteiger partial charge on any atom is 0.149 e. The van der Waals surface area contributed by atoms with E-state index in [4.69, 9.17) is 5.90 Å². The third-order valence-corrected chi connectivity index (χ3v) is 1.84. The second-order valence-corrected chi connectivity index (χ2v) is 3.88. The van der Waals surface area contributed by atoms with Crippen molar-refractivity contribution in [2.24, 2.45) is 0 Å². The zero-order chi connectivity index (χ0) is 9.19. The Kier molecular flexibility index (Phi) is 2.38. The Morgan fingerprint density at radius 2 is 1.58 bits per heavy atom. The summed E-state index contributed by atoms with van der Waals surface area (Å²) in [6.07, 6.45) is 0. The lowest BCUT2D eigenvalue weighted by Crippen LogP contribution is -2.10. The average Bonchev–Trinajstić information content (AvgIpc) is 2.03. The molecule has 0 spiro atoms. The fourth-order valence-electron chi connectivity index (χ4n) is 1.02. The van der Waals surface area contributed by atoms with Crippen LogP contribution in [0, 0.1) is 0 Å². The highest BCUT2D eigenvalue weighted by atomic mass is 16.6. The maximum absolute atomic E-state index is 6.67. The van der Waals surface area contributed by atoms with Gasteiger partial charge in [0.15, 0.2) is 0 Å². The molecule has 1 aromatic rings. The first kappa shape index (κ1) is 9.07. The molecule has 0 saturated carbocycles. The molecule has 2 heteroatoms. The predicted molar refractivity (Wildman–Crippen MR) is 48.9 cm³/mol. The summed E-state index contributed by atoms with van der Waals surface area (Å²) >= 11 is 0. The highest BCUT2D eigenvalue weighted by molar-refractivity contribution is 5.30. The molecule has 0 bridgehead atoms. The van der Waals surface area contributed by atoms with Crippen LogP contribution in [0.1, 0.15) is 26.3 Å². The van der Waals surface area contributed by atoms with Gasteiger partial charge in [-0.1, -0.05) is 38.8 Å². The van der Waals surface area contributed by atoms with Gasteiger partial charge in [-0.3, -0.25) is 0 Å². The van der Waals surface area contributed by atoms with E-state index < -0.39 is 0 Å². The Morgan fingerprint density at radius 3 is 1.92 bits per heavy atom. The summed E-state index contributed by atoms with van der Waals surface area (Å²) in [5, 5.41) is 0. The Hall–Kier alpha value is -1.02. The largest absolute Gasteiger partial charge is 0.391 e. The lowest BCUT2D eigenvalue weighted by molar-refractivity contribution is 0.308. The number of benzene rings is 1. The van der Waals surface area contributed by atoms with Crippen molar-refractivity contribution in [2.75, 3.05) is 0 Å². The van der Waals surface area contributed by atoms with Crippen LogP contribution in [0.5, 0.6) is 5.75 Å². The van der Waals surface area contributed by atoms with Crippen molar-refractivity contribution in [3.63, 3.8) is 0 Å². The summed E-state index contributed by atoms with van der Waals surface area (Å²) in [5.41, 5.74) is 1.42. The van der Waals surface area contributed by atoms with E-state index in [9.17, 15) is 0 Å². The smallest absolute Gasteiger partial charge is 0.149 e. The second kappa shape index (κ2) is 3.15. The number of nitrogens with one attached hydrogen (secondary N) is 1. The van der Waals surface area contributed by atoms with E-state index in [-0.39, 0.29) is 5.41 Å². The van der Waals surface area contributed by atoms with Crippen LogP contribution in [-0.4, -0.2) is 0 Å². The molecule has 0 fully saturated rings. The quantitative estimate of drug-likeness (QED) is 0.587. The van der Waals surface area contributed by atoms with E-state index in [0.29, 0.717) is 5.75 Å². The highest BCUT2D eigenvalue weighted by Crippen LogP contribution is 2.23. The van der Waals surface area contributed by atoms with Crippen molar-refractivity contribution in [2.45, 2.75) is 26.2 Å². The first-order valence-electron chi connectivity index (χ1n) is 3.98. The molecule has 65 valence electrons. The Bertz CT molecular complexity index is 246. The van der Waals surface area contributed by atoms with E-state index in [0.717, 1.165) is 0 Å². The summed E-state index contributed by atoms with van der Waals surface area (Å²) in [6.45, 7) is 6.47. The van der Waals surface area contributed by atoms with Gasteiger partial charge in [0.2, 0.25) is 0 Å². The van der Waals surface area contributed by atoms with Gasteiger partial charge in [0.1, 0.15) is 5.75 Å². The third-order valence-electron chi connectivity index (χ3n) is 1.84. The van der Waals surface area contributed by atoms with E-state index in [1.807, 2.05) is 24.3 Å². The van der Waals surface area contributed by atoms with Gasteiger partial charge < -0.3 is 4.84 Å². The van der Waals surface area contributed by atoms with E-state index in [2.05, 4.69) is 25.6 Å². The minimum atomic E-state index is 0.167. The van der Waals surface area contributed by atoms with Crippen molar-refractivity contribution >= 4 is 0 Å². The standard InChI is InChI=1S/C10H14NO/c1-10(2,3)8-4-6-9(12-11)7-5-8/h4-7,11H,1-3H3. The van der Waals surface area contributed by atoms with Crippen LogP contribution in [0.15, 0.2) is 24.3 Å². The molecular weight excluding hydrogens is 150 g/mol. The molecule has 1 aromatic carbocycles. The minimum absolute atomic E-state index is 0.167. The molecule has 12 heavy (non-hydrogen) atoms. The molecule has 0 heterocycles. The first-order chi connectivity index (χ1) is 5.54. The van der Waals surface area contributed by atoms with Crippen LogP contribution in [0.3, 0.4) is 0 Å². The van der Waals surface area contributed by atoms with Crippen molar-refractivity contribution in [3.05, 3.63) is 29.8 Å². The molecule has 0 aliphatic carbocycles. The van der Waals surface area contributed by atoms with Gasteiger partial charge >= 0.3 is 0 Å². The van der Waals surface area contributed by atoms with E-state index in [1.165, 1.54) is 5.56 Å². The summed E-state index contributed by atoms with van der Waals surface area (Å²) in [6, 6.07) is 7.61. The minimum Gasteiger partial charge on any atom is -0.391 e. The fourth-order valence-corrected chi connectivity index (χ4v) is 1.02. The van der Waals surface area contributed by atoms with Crippen LogP contribution >= 0.6 is 0 Å². The highest BCUT2D eigenvalue weighted by Gasteiger charge is 2.12. The van der Waals surface area contributed by atoms with Gasteiger partial charge in [-0.2, -0.15) is 0 Å². The molecule has 0 aliphatic rings. The summed E-state index contributed by atoms with van der Waals surface area (Å²) in [4.78, 5) is 4.33. The fraction of sp³-hybridized carbons (Fsp3) is 0.400. The first-order valence-corrected chi connectivity index (χ1v) is 3.98. The normalized spacial score (nSPS) is 11.3. The van der Waals surface area contributed by atoms with Crippen molar-refractivity contribution < 1.29 is 4.84 Å². The lowest BCUT2D eigenvalue weighted by atomic mass is 9.87. The molecule has 0 aliphatic heterocycles. The summed E-state index contributed by atoms with van der Waals surface area (Å²) in [5.74, 6) is 7.26. The Balaban J connectivity index is 2.93. The van der Waals surface area contributed by atoms with Gasteiger partial charge in [0, 0.05) is 0 Å². The monoisotopic (exact) mass is 164 g/mol. The molecule has 0 unspecified atom stereocenters. The van der Waals surface area contributed by atoms with E-state index >= 15 is 0 Å². The molecule has 0 amide bonds. The van der Waals surface area contributed by atoms with Crippen LogP contribution in [0.2, 0.25) is 0 Å². The average molecular weight is 164 g/mol. The maximum atomic E-state index is 6.67. The summed E-state index contributed by atoms with van der Waals surface area (Å²) in [7, 11) is 0. The zero-order valence-electron chi connectivity index (χ0n) is 7.72. The van der Waals surface area contributed by atoms with Crippen molar-refractivity contribution in [1.29, 1.82) is 0 Å². The molecule has 1 rings (SSSR count). The number of rotatable bonds is 1. The SMILES string of the molecule is CC(C)(C)c1ccc(O[NH])cc1. The van der Waals surface area contributed by atoms with Crippen molar-refractivity contribution in [1.82, 2.24) is 5.90 Å². The Labute approximate surface area is 73.3 Å². The lowest BCUT2D eigenvalue weighted by Gasteiger charge is -2.18. The second-order valence-electron chi connectivity index (χ2n) is 3.88. The van der Waals surface area contributed by atoms with Crippen LogP contribution in [-0.2, 0) is 5.41 Å². The number of hydrogen-bond donors (Lipinski definition) is 0. The van der Waals surface area contributed by atoms with Gasteiger partial charge in [0.25, 0.3) is 0 Å². The third kappa shape index (κ3) is 1.98. The molecule has 1 radical (unpaired) electrons. The Morgan fingerprint density at radius 1 is 1.08 bits per heavy atom. The molecule has 0 saturated heterocycles.